The third-order valence-corrected chi connectivity index (χ3v) is 4.71. The van der Waals surface area contributed by atoms with Gasteiger partial charge in [0.1, 0.15) is 0 Å². The Morgan fingerprint density at radius 2 is 1.80 bits per heavy atom. The van der Waals surface area contributed by atoms with Gasteiger partial charge in [-0.3, -0.25) is 9.59 Å². The van der Waals surface area contributed by atoms with Crippen LogP contribution in [0.15, 0.2) is 47.0 Å². The van der Waals surface area contributed by atoms with Crippen molar-refractivity contribution in [1.82, 2.24) is 10.2 Å². The number of carbonyl (C=O) groups excluding carboxylic acids is 3. The topological polar surface area (TPSA) is 89.7 Å². The second kappa shape index (κ2) is 5.83. The van der Waals surface area contributed by atoms with E-state index in [0.29, 0.717) is 20.0 Å². The van der Waals surface area contributed by atoms with Gasteiger partial charge < -0.3 is 9.36 Å². The number of aromatic nitrogens is 1. The SMILES string of the molecule is O=C(ON1C(=O)c2ccccc2C1=O)c1cc(-c2ccc(Cl)s2)on1. The Morgan fingerprint density at radius 3 is 2.40 bits per heavy atom. The van der Waals surface area contributed by atoms with E-state index in [-0.39, 0.29) is 16.8 Å². The van der Waals surface area contributed by atoms with Crippen LogP contribution in [0.5, 0.6) is 0 Å². The van der Waals surface area contributed by atoms with Crippen LogP contribution in [0.1, 0.15) is 31.2 Å². The smallest absolute Gasteiger partial charge is 0.355 e. The molecule has 2 aromatic heterocycles. The summed E-state index contributed by atoms with van der Waals surface area (Å²) in [6.45, 7) is 0. The average molecular weight is 375 g/mol. The first-order chi connectivity index (χ1) is 12.0. The number of carbonyl (C=O) groups is 3. The van der Waals surface area contributed by atoms with Gasteiger partial charge in [-0.25, -0.2) is 4.79 Å². The Bertz CT molecular complexity index is 990. The van der Waals surface area contributed by atoms with Gasteiger partial charge in [-0.15, -0.1) is 11.3 Å². The highest BCUT2D eigenvalue weighted by molar-refractivity contribution is 7.19. The van der Waals surface area contributed by atoms with Crippen molar-refractivity contribution in [2.24, 2.45) is 0 Å². The summed E-state index contributed by atoms with van der Waals surface area (Å²) in [7, 11) is 0. The van der Waals surface area contributed by atoms with Crippen molar-refractivity contribution in [1.29, 1.82) is 0 Å². The van der Waals surface area contributed by atoms with Gasteiger partial charge in [-0.2, -0.15) is 0 Å². The monoisotopic (exact) mass is 374 g/mol. The average Bonchev–Trinajstić information content (AvgIpc) is 3.31. The minimum Gasteiger partial charge on any atom is -0.355 e. The number of hydroxylamine groups is 2. The highest BCUT2D eigenvalue weighted by Crippen LogP contribution is 2.31. The molecule has 0 saturated carbocycles. The van der Waals surface area contributed by atoms with Crippen LogP contribution in [0.2, 0.25) is 4.34 Å². The van der Waals surface area contributed by atoms with E-state index in [1.807, 2.05) is 0 Å². The fourth-order valence-electron chi connectivity index (χ4n) is 2.31. The summed E-state index contributed by atoms with van der Waals surface area (Å²) < 4.78 is 5.63. The van der Waals surface area contributed by atoms with E-state index in [9.17, 15) is 14.4 Å². The predicted molar refractivity (Wildman–Crippen MR) is 87.2 cm³/mol. The van der Waals surface area contributed by atoms with Gasteiger partial charge in [-0.05, 0) is 24.3 Å². The third-order valence-electron chi connectivity index (χ3n) is 3.47. The van der Waals surface area contributed by atoms with Crippen molar-refractivity contribution in [2.75, 3.05) is 0 Å². The molecule has 0 unspecified atom stereocenters. The van der Waals surface area contributed by atoms with E-state index in [2.05, 4.69) is 5.16 Å². The Kier molecular flexibility index (Phi) is 3.63. The minimum absolute atomic E-state index is 0.170. The maximum atomic E-state index is 12.2. The fourth-order valence-corrected chi connectivity index (χ4v) is 3.31. The van der Waals surface area contributed by atoms with Crippen LogP contribution in [-0.4, -0.2) is 28.0 Å². The molecule has 1 aromatic carbocycles. The molecule has 1 aliphatic rings. The molecule has 3 aromatic rings. The van der Waals surface area contributed by atoms with Crippen molar-refractivity contribution in [2.45, 2.75) is 0 Å². The lowest BCUT2D eigenvalue weighted by atomic mass is 10.1. The number of benzene rings is 1. The van der Waals surface area contributed by atoms with Crippen molar-refractivity contribution in [3.8, 4) is 10.6 Å². The molecule has 1 aliphatic heterocycles. The van der Waals surface area contributed by atoms with Crippen LogP contribution in [0.4, 0.5) is 0 Å². The Labute approximate surface area is 149 Å². The third kappa shape index (κ3) is 2.61. The number of rotatable bonds is 3. The van der Waals surface area contributed by atoms with Gasteiger partial charge in [0.2, 0.25) is 0 Å². The maximum Gasteiger partial charge on any atom is 0.385 e. The van der Waals surface area contributed by atoms with Crippen molar-refractivity contribution < 1.29 is 23.7 Å². The molecule has 9 heteroatoms. The molecular formula is C16H7ClN2O5S. The van der Waals surface area contributed by atoms with Gasteiger partial charge in [0.25, 0.3) is 11.8 Å². The summed E-state index contributed by atoms with van der Waals surface area (Å²) in [6.07, 6.45) is 0. The summed E-state index contributed by atoms with van der Waals surface area (Å²) in [5.74, 6) is -2.07. The molecule has 4 rings (SSSR count). The number of nitrogens with zero attached hydrogens (tertiary/aromatic N) is 2. The van der Waals surface area contributed by atoms with Crippen molar-refractivity contribution in [3.63, 3.8) is 0 Å². The largest absolute Gasteiger partial charge is 0.385 e. The predicted octanol–water partition coefficient (Wildman–Crippen LogP) is 3.42. The second-order valence-electron chi connectivity index (χ2n) is 5.01. The zero-order valence-electron chi connectivity index (χ0n) is 12.3. The number of hydrogen-bond donors (Lipinski definition) is 0. The molecule has 124 valence electrons. The molecule has 2 amide bonds. The van der Waals surface area contributed by atoms with Gasteiger partial charge >= 0.3 is 5.97 Å². The lowest BCUT2D eigenvalue weighted by molar-refractivity contribution is -0.0590. The summed E-state index contributed by atoms with van der Waals surface area (Å²) in [5.41, 5.74) is 0.180. The van der Waals surface area contributed by atoms with Crippen LogP contribution < -0.4 is 0 Å². The fraction of sp³-hybridized carbons (Fsp3) is 0. The zero-order chi connectivity index (χ0) is 17.6. The van der Waals surface area contributed by atoms with E-state index < -0.39 is 17.8 Å². The number of imide groups is 1. The lowest BCUT2D eigenvalue weighted by Crippen LogP contribution is -2.32. The standard InChI is InChI=1S/C16H7ClN2O5S/c17-13-6-5-12(25-13)11-7-10(18-23-11)16(22)24-19-14(20)8-3-1-2-4-9(8)15(19)21/h1-7H. The Hall–Kier alpha value is -2.97. The molecule has 0 spiro atoms. The van der Waals surface area contributed by atoms with E-state index in [1.165, 1.54) is 29.5 Å². The van der Waals surface area contributed by atoms with E-state index in [0.717, 1.165) is 0 Å². The first-order valence-electron chi connectivity index (χ1n) is 6.97. The molecule has 0 N–H and O–H groups in total. The normalized spacial score (nSPS) is 13.2. The van der Waals surface area contributed by atoms with Crippen LogP contribution in [0, 0.1) is 0 Å². The number of fused-ring (bicyclic) bond motifs is 1. The van der Waals surface area contributed by atoms with Crippen LogP contribution >= 0.6 is 22.9 Å². The molecule has 0 saturated heterocycles. The van der Waals surface area contributed by atoms with Crippen molar-refractivity contribution in [3.05, 3.63) is 63.6 Å². The van der Waals surface area contributed by atoms with Crippen LogP contribution in [0.25, 0.3) is 10.6 Å². The molecular weight excluding hydrogens is 368 g/mol. The molecule has 7 nitrogen and oxygen atoms in total. The van der Waals surface area contributed by atoms with E-state index in [1.54, 1.807) is 24.3 Å². The Morgan fingerprint density at radius 1 is 1.12 bits per heavy atom. The number of amides is 2. The lowest BCUT2D eigenvalue weighted by Gasteiger charge is -2.10. The summed E-state index contributed by atoms with van der Waals surface area (Å²) in [4.78, 5) is 42.1. The van der Waals surface area contributed by atoms with Gasteiger partial charge in [0.15, 0.2) is 11.5 Å². The first-order valence-corrected chi connectivity index (χ1v) is 8.16. The summed E-state index contributed by atoms with van der Waals surface area (Å²) in [6, 6.07) is 10.9. The zero-order valence-corrected chi connectivity index (χ0v) is 13.8. The van der Waals surface area contributed by atoms with E-state index in [4.69, 9.17) is 21.0 Å². The quantitative estimate of drug-likeness (QED) is 0.652. The van der Waals surface area contributed by atoms with Gasteiger partial charge in [0.05, 0.1) is 20.3 Å². The summed E-state index contributed by atoms with van der Waals surface area (Å²) in [5, 5.41) is 4.03. The van der Waals surface area contributed by atoms with Crippen molar-refractivity contribution >= 4 is 40.7 Å². The highest BCUT2D eigenvalue weighted by atomic mass is 35.5. The number of halogens is 1. The molecule has 25 heavy (non-hydrogen) atoms. The molecule has 3 heterocycles. The first kappa shape index (κ1) is 15.6. The minimum atomic E-state index is -0.979. The second-order valence-corrected chi connectivity index (χ2v) is 6.72. The summed E-state index contributed by atoms with van der Waals surface area (Å²) >= 11 is 7.10. The van der Waals surface area contributed by atoms with Gasteiger partial charge in [-0.1, -0.05) is 34.0 Å². The number of thiophene rings is 1. The number of hydrogen-bond acceptors (Lipinski definition) is 7. The molecule has 0 bridgehead atoms. The maximum absolute atomic E-state index is 12.2. The van der Waals surface area contributed by atoms with E-state index >= 15 is 0 Å². The van der Waals surface area contributed by atoms with Crippen LogP contribution in [0.3, 0.4) is 0 Å². The molecule has 0 radical (unpaired) electrons. The molecule has 0 atom stereocenters. The van der Waals surface area contributed by atoms with Crippen LogP contribution in [-0.2, 0) is 4.84 Å². The molecule has 0 aliphatic carbocycles. The molecule has 0 fully saturated rings. The Balaban J connectivity index is 1.55. The van der Waals surface area contributed by atoms with Gasteiger partial charge in [0, 0.05) is 6.07 Å². The highest BCUT2D eigenvalue weighted by Gasteiger charge is 2.39.